The zero-order chi connectivity index (χ0) is 16.9. The van der Waals surface area contributed by atoms with Crippen LogP contribution in [0.5, 0.6) is 0 Å². The molecule has 1 aromatic heterocycles. The number of hydrogen-bond acceptors (Lipinski definition) is 4. The van der Waals surface area contributed by atoms with Gasteiger partial charge in [-0.05, 0) is 54.8 Å². The first-order chi connectivity index (χ1) is 11.7. The summed E-state index contributed by atoms with van der Waals surface area (Å²) in [5.74, 6) is 0.101. The summed E-state index contributed by atoms with van der Waals surface area (Å²) in [6, 6.07) is 11.6. The van der Waals surface area contributed by atoms with E-state index in [9.17, 15) is 9.59 Å². The number of piperidine rings is 1. The Labute approximate surface area is 150 Å². The molecule has 0 aliphatic carbocycles. The molecule has 2 heterocycles. The summed E-state index contributed by atoms with van der Waals surface area (Å²) >= 11 is 3.14. The van der Waals surface area contributed by atoms with E-state index in [1.807, 2.05) is 52.9 Å². The molecule has 2 amide bonds. The maximum atomic E-state index is 12.4. The topological polar surface area (TPSA) is 49.4 Å². The third-order valence-electron chi connectivity index (χ3n) is 4.24. The van der Waals surface area contributed by atoms with Crippen molar-refractivity contribution >= 4 is 40.6 Å². The number of carbonyl (C=O) groups excluding carboxylic acids is 2. The molecule has 1 N–H and O–H groups in total. The fraction of sp³-hybridized carbons (Fsp3) is 0.333. The number of likely N-dealkylation sites (tertiary alicyclic amines) is 1. The molecule has 0 spiro atoms. The van der Waals surface area contributed by atoms with Crippen molar-refractivity contribution in [3.8, 4) is 0 Å². The van der Waals surface area contributed by atoms with E-state index in [4.69, 9.17) is 0 Å². The van der Waals surface area contributed by atoms with Gasteiger partial charge >= 0.3 is 0 Å². The van der Waals surface area contributed by atoms with Crippen molar-refractivity contribution in [2.75, 3.05) is 24.7 Å². The number of hydrogen-bond donors (Lipinski definition) is 1. The van der Waals surface area contributed by atoms with E-state index in [0.717, 1.165) is 10.6 Å². The SMILES string of the molecule is CSc1ccc(NC(=O)C2CCN(C(=O)c3cccs3)CC2)cc1. The molecule has 1 fully saturated rings. The quantitative estimate of drug-likeness (QED) is 0.840. The highest BCUT2D eigenvalue weighted by Crippen LogP contribution is 2.23. The summed E-state index contributed by atoms with van der Waals surface area (Å²) in [6.45, 7) is 1.28. The van der Waals surface area contributed by atoms with Crippen molar-refractivity contribution in [2.24, 2.45) is 5.92 Å². The first-order valence-electron chi connectivity index (χ1n) is 7.95. The van der Waals surface area contributed by atoms with E-state index in [0.29, 0.717) is 25.9 Å². The van der Waals surface area contributed by atoms with Gasteiger partial charge in [-0.2, -0.15) is 0 Å². The average Bonchev–Trinajstić information content (AvgIpc) is 3.16. The number of thioether (sulfide) groups is 1. The summed E-state index contributed by atoms with van der Waals surface area (Å²) in [5.41, 5.74) is 0.829. The normalized spacial score (nSPS) is 15.3. The lowest BCUT2D eigenvalue weighted by Crippen LogP contribution is -2.41. The van der Waals surface area contributed by atoms with Crippen molar-refractivity contribution < 1.29 is 9.59 Å². The minimum atomic E-state index is -0.0300. The number of benzene rings is 1. The van der Waals surface area contributed by atoms with Gasteiger partial charge in [0.2, 0.25) is 5.91 Å². The smallest absolute Gasteiger partial charge is 0.263 e. The Balaban J connectivity index is 1.52. The molecular weight excluding hydrogens is 340 g/mol. The van der Waals surface area contributed by atoms with Crippen LogP contribution in [0.2, 0.25) is 0 Å². The molecule has 24 heavy (non-hydrogen) atoms. The Bertz CT molecular complexity index is 690. The Kier molecular flexibility index (Phi) is 5.58. The van der Waals surface area contributed by atoms with Gasteiger partial charge in [-0.15, -0.1) is 23.1 Å². The number of thiophene rings is 1. The molecule has 1 aliphatic heterocycles. The zero-order valence-corrected chi connectivity index (χ0v) is 15.2. The number of amides is 2. The minimum absolute atomic E-state index is 0.0300. The fourth-order valence-corrected chi connectivity index (χ4v) is 3.92. The Morgan fingerprint density at radius 3 is 2.46 bits per heavy atom. The number of nitrogens with one attached hydrogen (secondary N) is 1. The van der Waals surface area contributed by atoms with E-state index >= 15 is 0 Å². The largest absolute Gasteiger partial charge is 0.338 e. The molecule has 0 unspecified atom stereocenters. The van der Waals surface area contributed by atoms with Crippen LogP contribution < -0.4 is 5.32 Å². The van der Waals surface area contributed by atoms with Gasteiger partial charge in [0.05, 0.1) is 4.88 Å². The van der Waals surface area contributed by atoms with Gasteiger partial charge in [0.25, 0.3) is 5.91 Å². The summed E-state index contributed by atoms with van der Waals surface area (Å²) < 4.78 is 0. The fourth-order valence-electron chi connectivity index (χ4n) is 2.82. The van der Waals surface area contributed by atoms with Crippen molar-refractivity contribution in [2.45, 2.75) is 17.7 Å². The molecule has 0 saturated carbocycles. The molecule has 0 atom stereocenters. The van der Waals surface area contributed by atoms with Gasteiger partial charge in [0.1, 0.15) is 0 Å². The molecule has 1 saturated heterocycles. The lowest BCUT2D eigenvalue weighted by molar-refractivity contribution is -0.121. The van der Waals surface area contributed by atoms with Crippen LogP contribution in [-0.4, -0.2) is 36.1 Å². The molecule has 1 aliphatic rings. The molecule has 4 nitrogen and oxygen atoms in total. The van der Waals surface area contributed by atoms with Gasteiger partial charge in [0.15, 0.2) is 0 Å². The van der Waals surface area contributed by atoms with Crippen LogP contribution in [-0.2, 0) is 4.79 Å². The maximum Gasteiger partial charge on any atom is 0.263 e. The van der Waals surface area contributed by atoms with E-state index in [1.54, 1.807) is 11.8 Å². The predicted octanol–water partition coefficient (Wildman–Crippen LogP) is 3.96. The summed E-state index contributed by atoms with van der Waals surface area (Å²) in [5, 5.41) is 4.90. The highest BCUT2D eigenvalue weighted by atomic mass is 32.2. The second-order valence-electron chi connectivity index (χ2n) is 5.76. The number of carbonyl (C=O) groups is 2. The molecule has 126 valence electrons. The van der Waals surface area contributed by atoms with Crippen LogP contribution >= 0.6 is 23.1 Å². The molecular formula is C18H20N2O2S2. The van der Waals surface area contributed by atoms with Crippen molar-refractivity contribution in [3.05, 3.63) is 46.7 Å². The van der Waals surface area contributed by atoms with Gasteiger partial charge < -0.3 is 10.2 Å². The lowest BCUT2D eigenvalue weighted by Gasteiger charge is -2.31. The highest BCUT2D eigenvalue weighted by Gasteiger charge is 2.28. The van der Waals surface area contributed by atoms with Gasteiger partial charge in [-0.25, -0.2) is 0 Å². The average molecular weight is 361 g/mol. The molecule has 0 radical (unpaired) electrons. The van der Waals surface area contributed by atoms with Crippen molar-refractivity contribution in [1.82, 2.24) is 4.90 Å². The Morgan fingerprint density at radius 2 is 1.88 bits per heavy atom. The van der Waals surface area contributed by atoms with Crippen LogP contribution in [0.25, 0.3) is 0 Å². The van der Waals surface area contributed by atoms with E-state index in [-0.39, 0.29) is 17.7 Å². The van der Waals surface area contributed by atoms with Gasteiger partial charge in [0, 0.05) is 29.6 Å². The maximum absolute atomic E-state index is 12.4. The van der Waals surface area contributed by atoms with E-state index in [1.165, 1.54) is 16.2 Å². The zero-order valence-electron chi connectivity index (χ0n) is 13.5. The minimum Gasteiger partial charge on any atom is -0.338 e. The Morgan fingerprint density at radius 1 is 1.17 bits per heavy atom. The van der Waals surface area contributed by atoms with Crippen molar-refractivity contribution in [3.63, 3.8) is 0 Å². The molecule has 1 aromatic carbocycles. The van der Waals surface area contributed by atoms with E-state index < -0.39 is 0 Å². The Hall–Kier alpha value is -1.79. The standard InChI is InChI=1S/C18H20N2O2S2/c1-23-15-6-4-14(5-7-15)19-17(21)13-8-10-20(11-9-13)18(22)16-3-2-12-24-16/h2-7,12-13H,8-11H2,1H3,(H,19,21). The molecule has 0 bridgehead atoms. The van der Waals surface area contributed by atoms with Gasteiger partial charge in [-0.3, -0.25) is 9.59 Å². The summed E-state index contributed by atoms with van der Waals surface area (Å²) in [4.78, 5) is 28.5. The monoisotopic (exact) mass is 360 g/mol. The third-order valence-corrected chi connectivity index (χ3v) is 5.84. The first kappa shape index (κ1) is 17.0. The molecule has 3 rings (SSSR count). The summed E-state index contributed by atoms with van der Waals surface area (Å²) in [7, 11) is 0. The molecule has 2 aromatic rings. The first-order valence-corrected chi connectivity index (χ1v) is 10.1. The van der Waals surface area contributed by atoms with Crippen molar-refractivity contribution in [1.29, 1.82) is 0 Å². The third kappa shape index (κ3) is 3.99. The van der Waals surface area contributed by atoms with Crippen LogP contribution in [0.3, 0.4) is 0 Å². The van der Waals surface area contributed by atoms with Crippen LogP contribution in [0.4, 0.5) is 5.69 Å². The second-order valence-corrected chi connectivity index (χ2v) is 7.59. The number of rotatable bonds is 4. The van der Waals surface area contributed by atoms with Crippen LogP contribution in [0.15, 0.2) is 46.7 Å². The summed E-state index contributed by atoms with van der Waals surface area (Å²) in [6.07, 6.45) is 3.45. The lowest BCUT2D eigenvalue weighted by atomic mass is 9.95. The number of anilines is 1. The predicted molar refractivity (Wildman–Crippen MR) is 99.8 cm³/mol. The van der Waals surface area contributed by atoms with Gasteiger partial charge in [-0.1, -0.05) is 6.07 Å². The highest BCUT2D eigenvalue weighted by molar-refractivity contribution is 7.98. The molecule has 6 heteroatoms. The van der Waals surface area contributed by atoms with Crippen LogP contribution in [0, 0.1) is 5.92 Å². The second kappa shape index (κ2) is 7.85. The van der Waals surface area contributed by atoms with Crippen LogP contribution in [0.1, 0.15) is 22.5 Å². The van der Waals surface area contributed by atoms with E-state index in [2.05, 4.69) is 5.32 Å². The number of nitrogens with zero attached hydrogens (tertiary/aromatic N) is 1.